The number of anilines is 1. The number of carbonyl (C=O) groups is 1. The van der Waals surface area contributed by atoms with E-state index in [2.05, 4.69) is 11.9 Å². The zero-order chi connectivity index (χ0) is 13.8. The van der Waals surface area contributed by atoms with Crippen LogP contribution >= 0.6 is 0 Å². The van der Waals surface area contributed by atoms with Crippen LogP contribution in [0.2, 0.25) is 0 Å². The Morgan fingerprint density at radius 1 is 1.47 bits per heavy atom. The number of nitrogens with zero attached hydrogens (tertiary/aromatic N) is 3. The molecule has 1 aromatic heterocycles. The second-order valence-electron chi connectivity index (χ2n) is 5.35. The molecule has 1 atom stereocenters. The second-order valence-corrected chi connectivity index (χ2v) is 5.35. The average Bonchev–Trinajstić information content (AvgIpc) is 2.46. The molecule has 1 saturated heterocycles. The highest BCUT2D eigenvalue weighted by Gasteiger charge is 2.26. The van der Waals surface area contributed by atoms with Gasteiger partial charge in [-0.05, 0) is 37.8 Å². The van der Waals surface area contributed by atoms with Gasteiger partial charge in [-0.25, -0.2) is 4.98 Å². The Morgan fingerprint density at radius 3 is 2.95 bits per heavy atom. The van der Waals surface area contributed by atoms with Crippen LogP contribution in [0.1, 0.15) is 43.0 Å². The van der Waals surface area contributed by atoms with E-state index in [0.717, 1.165) is 37.2 Å². The van der Waals surface area contributed by atoms with Crippen molar-refractivity contribution in [3.63, 3.8) is 0 Å². The van der Waals surface area contributed by atoms with Crippen LogP contribution in [0.4, 0.5) is 5.82 Å². The molecule has 2 rings (SSSR count). The summed E-state index contributed by atoms with van der Waals surface area (Å²) in [6, 6.07) is 4.09. The van der Waals surface area contributed by atoms with Crippen molar-refractivity contribution in [1.82, 2.24) is 9.88 Å². The molecule has 19 heavy (non-hydrogen) atoms. The fourth-order valence-corrected chi connectivity index (χ4v) is 2.65. The summed E-state index contributed by atoms with van der Waals surface area (Å²) >= 11 is 0. The molecule has 0 bridgehead atoms. The van der Waals surface area contributed by atoms with Crippen molar-refractivity contribution in [3.8, 4) is 0 Å². The first kappa shape index (κ1) is 13.8. The molecule has 1 aliphatic heterocycles. The quantitative estimate of drug-likeness (QED) is 0.839. The van der Waals surface area contributed by atoms with E-state index < -0.39 is 0 Å². The largest absolute Gasteiger partial charge is 0.363 e. The highest BCUT2D eigenvalue weighted by molar-refractivity contribution is 5.95. The molecule has 1 aromatic rings. The minimum atomic E-state index is 0.150. The van der Waals surface area contributed by atoms with Gasteiger partial charge in [0.2, 0.25) is 0 Å². The number of hydrogen-bond acceptors (Lipinski definition) is 3. The third kappa shape index (κ3) is 3.06. The highest BCUT2D eigenvalue weighted by Crippen LogP contribution is 2.22. The average molecular weight is 261 g/mol. The Balaban J connectivity index is 2.20. The van der Waals surface area contributed by atoms with Crippen LogP contribution in [0.15, 0.2) is 18.3 Å². The highest BCUT2D eigenvalue weighted by atomic mass is 16.2. The monoisotopic (exact) mass is 261 g/mol. The Hall–Kier alpha value is -1.58. The number of rotatable bonds is 3. The van der Waals surface area contributed by atoms with E-state index in [-0.39, 0.29) is 5.91 Å². The van der Waals surface area contributed by atoms with E-state index in [0.29, 0.717) is 6.04 Å². The Labute approximate surface area is 115 Å². The summed E-state index contributed by atoms with van der Waals surface area (Å²) < 4.78 is 0. The third-order valence-corrected chi connectivity index (χ3v) is 3.81. The number of pyridine rings is 1. The van der Waals surface area contributed by atoms with Crippen LogP contribution in [-0.2, 0) is 0 Å². The van der Waals surface area contributed by atoms with Crippen LogP contribution < -0.4 is 4.90 Å². The van der Waals surface area contributed by atoms with E-state index >= 15 is 0 Å². The van der Waals surface area contributed by atoms with Crippen LogP contribution in [-0.4, -0.2) is 42.5 Å². The molecule has 1 aliphatic rings. The first-order valence-corrected chi connectivity index (χ1v) is 7.07. The summed E-state index contributed by atoms with van der Waals surface area (Å²) in [4.78, 5) is 20.8. The summed E-state index contributed by atoms with van der Waals surface area (Å²) in [6.07, 6.45) is 6.24. The van der Waals surface area contributed by atoms with E-state index in [1.54, 1.807) is 6.20 Å². The number of hydrogen-bond donors (Lipinski definition) is 0. The van der Waals surface area contributed by atoms with Gasteiger partial charge in [0.25, 0.3) is 5.91 Å². The van der Waals surface area contributed by atoms with Crippen molar-refractivity contribution in [2.45, 2.75) is 38.6 Å². The van der Waals surface area contributed by atoms with Crippen LogP contribution in [0.3, 0.4) is 0 Å². The van der Waals surface area contributed by atoms with E-state index in [1.807, 2.05) is 36.0 Å². The van der Waals surface area contributed by atoms with Gasteiger partial charge >= 0.3 is 0 Å². The van der Waals surface area contributed by atoms with Gasteiger partial charge in [-0.2, -0.15) is 0 Å². The SMILES string of the molecule is CCC1CCCCN1C(=O)c1ccnc(N(C)C)c1. The molecule has 0 spiro atoms. The van der Waals surface area contributed by atoms with Gasteiger partial charge in [0.05, 0.1) is 0 Å². The summed E-state index contributed by atoms with van der Waals surface area (Å²) in [6.45, 7) is 3.05. The molecule has 0 saturated carbocycles. The van der Waals surface area contributed by atoms with Gasteiger partial charge in [-0.1, -0.05) is 6.92 Å². The third-order valence-electron chi connectivity index (χ3n) is 3.81. The molecular formula is C15H23N3O. The molecule has 1 unspecified atom stereocenters. The molecule has 0 N–H and O–H groups in total. The van der Waals surface area contributed by atoms with E-state index in [9.17, 15) is 4.79 Å². The standard InChI is InChI=1S/C15H23N3O/c1-4-13-7-5-6-10-18(13)15(19)12-8-9-16-14(11-12)17(2)3/h8-9,11,13H,4-7,10H2,1-3H3. The predicted molar refractivity (Wildman–Crippen MR) is 77.5 cm³/mol. The maximum Gasteiger partial charge on any atom is 0.254 e. The molecule has 104 valence electrons. The van der Waals surface area contributed by atoms with E-state index in [1.165, 1.54) is 6.42 Å². The maximum absolute atomic E-state index is 12.6. The molecule has 4 nitrogen and oxygen atoms in total. The van der Waals surface area contributed by atoms with Crippen LogP contribution in [0, 0.1) is 0 Å². The first-order valence-electron chi connectivity index (χ1n) is 7.07. The molecule has 1 amide bonds. The summed E-state index contributed by atoms with van der Waals surface area (Å²) in [5.74, 6) is 0.980. The molecule has 2 heterocycles. The Morgan fingerprint density at radius 2 is 2.26 bits per heavy atom. The van der Waals surface area contributed by atoms with Gasteiger partial charge in [0.15, 0.2) is 0 Å². The van der Waals surface area contributed by atoms with Gasteiger partial charge in [0.1, 0.15) is 5.82 Å². The lowest BCUT2D eigenvalue weighted by Gasteiger charge is -2.35. The van der Waals surface area contributed by atoms with Crippen molar-refractivity contribution < 1.29 is 4.79 Å². The lowest BCUT2D eigenvalue weighted by molar-refractivity contribution is 0.0608. The summed E-state index contributed by atoms with van der Waals surface area (Å²) in [5.41, 5.74) is 0.749. The van der Waals surface area contributed by atoms with Crippen molar-refractivity contribution in [1.29, 1.82) is 0 Å². The lowest BCUT2D eigenvalue weighted by Crippen LogP contribution is -2.43. The second kappa shape index (κ2) is 6.04. The minimum Gasteiger partial charge on any atom is -0.363 e. The van der Waals surface area contributed by atoms with Crippen molar-refractivity contribution in [3.05, 3.63) is 23.9 Å². The number of piperidine rings is 1. The fraction of sp³-hybridized carbons (Fsp3) is 0.600. The Kier molecular flexibility index (Phi) is 4.40. The number of likely N-dealkylation sites (tertiary alicyclic amines) is 1. The van der Waals surface area contributed by atoms with Crippen molar-refractivity contribution >= 4 is 11.7 Å². The zero-order valence-electron chi connectivity index (χ0n) is 12.1. The van der Waals surface area contributed by atoms with Crippen molar-refractivity contribution in [2.75, 3.05) is 25.5 Å². The number of aromatic nitrogens is 1. The first-order chi connectivity index (χ1) is 9.13. The minimum absolute atomic E-state index is 0.150. The lowest BCUT2D eigenvalue weighted by atomic mass is 9.99. The molecule has 0 aliphatic carbocycles. The van der Waals surface area contributed by atoms with Crippen LogP contribution in [0.5, 0.6) is 0 Å². The van der Waals surface area contributed by atoms with Gasteiger partial charge < -0.3 is 9.80 Å². The topological polar surface area (TPSA) is 36.4 Å². The number of carbonyl (C=O) groups excluding carboxylic acids is 1. The van der Waals surface area contributed by atoms with Gasteiger partial charge in [-0.3, -0.25) is 4.79 Å². The summed E-state index contributed by atoms with van der Waals surface area (Å²) in [5, 5.41) is 0. The molecule has 4 heteroatoms. The fourth-order valence-electron chi connectivity index (χ4n) is 2.65. The van der Waals surface area contributed by atoms with Gasteiger partial charge in [0, 0.05) is 38.4 Å². The van der Waals surface area contributed by atoms with Gasteiger partial charge in [-0.15, -0.1) is 0 Å². The van der Waals surface area contributed by atoms with Crippen molar-refractivity contribution in [2.24, 2.45) is 0 Å². The predicted octanol–water partition coefficient (Wildman–Crippen LogP) is 2.55. The zero-order valence-corrected chi connectivity index (χ0v) is 12.1. The van der Waals surface area contributed by atoms with Crippen LogP contribution in [0.25, 0.3) is 0 Å². The Bertz CT molecular complexity index is 445. The van der Waals surface area contributed by atoms with E-state index in [4.69, 9.17) is 0 Å². The molecule has 0 aromatic carbocycles. The normalized spacial score (nSPS) is 19.3. The molecule has 0 radical (unpaired) electrons. The molecule has 1 fully saturated rings. The molecular weight excluding hydrogens is 238 g/mol. The summed E-state index contributed by atoms with van der Waals surface area (Å²) in [7, 11) is 3.87. The number of amides is 1. The smallest absolute Gasteiger partial charge is 0.254 e. The maximum atomic E-state index is 12.6.